The molecule has 1 aliphatic heterocycles. The van der Waals surface area contributed by atoms with Gasteiger partial charge in [-0.1, -0.05) is 83.4 Å². The lowest BCUT2D eigenvalue weighted by Gasteiger charge is -2.31. The van der Waals surface area contributed by atoms with Crippen LogP contribution in [0.4, 0.5) is 0 Å². The van der Waals surface area contributed by atoms with E-state index in [1.165, 1.54) is 5.56 Å². The van der Waals surface area contributed by atoms with Gasteiger partial charge in [-0.05, 0) is 42.7 Å². The van der Waals surface area contributed by atoms with E-state index in [0.717, 1.165) is 11.1 Å². The van der Waals surface area contributed by atoms with Gasteiger partial charge in [-0.25, -0.2) is 0 Å². The summed E-state index contributed by atoms with van der Waals surface area (Å²) in [6, 6.07) is 23.0. The number of carbonyl (C=O) groups excluding carboxylic acids is 2. The van der Waals surface area contributed by atoms with E-state index in [9.17, 15) is 9.59 Å². The van der Waals surface area contributed by atoms with Crippen LogP contribution in [-0.2, 0) is 22.6 Å². The van der Waals surface area contributed by atoms with Gasteiger partial charge in [0.15, 0.2) is 0 Å². The normalized spacial score (nSPS) is 15.0. The van der Waals surface area contributed by atoms with Crippen LogP contribution in [0.1, 0.15) is 33.5 Å². The first kappa shape index (κ1) is 26.2. The summed E-state index contributed by atoms with van der Waals surface area (Å²) in [5.74, 6) is -0.154. The molecular formula is C29H30Cl2N2O3. The van der Waals surface area contributed by atoms with Crippen LogP contribution in [0.2, 0.25) is 10.0 Å². The molecule has 7 heteroatoms. The molecular weight excluding hydrogens is 495 g/mol. The first-order valence-corrected chi connectivity index (χ1v) is 12.9. The maximum absolute atomic E-state index is 13.2. The van der Waals surface area contributed by atoms with Crippen molar-refractivity contribution in [3.8, 4) is 0 Å². The van der Waals surface area contributed by atoms with Crippen LogP contribution in [-0.4, -0.2) is 53.9 Å². The van der Waals surface area contributed by atoms with E-state index in [1.54, 1.807) is 23.1 Å². The number of aryl methyl sites for hydroxylation is 1. The second-order valence-corrected chi connectivity index (χ2v) is 10.0. The van der Waals surface area contributed by atoms with Gasteiger partial charge in [-0.15, -0.1) is 0 Å². The number of ether oxygens (including phenoxy) is 1. The lowest BCUT2D eigenvalue weighted by atomic mass is 10.0. The molecule has 0 aliphatic carbocycles. The second-order valence-electron chi connectivity index (χ2n) is 9.14. The van der Waals surface area contributed by atoms with Crippen molar-refractivity contribution in [2.24, 2.45) is 0 Å². The van der Waals surface area contributed by atoms with Gasteiger partial charge in [0.05, 0.1) is 19.3 Å². The molecule has 4 rings (SSSR count). The van der Waals surface area contributed by atoms with E-state index >= 15 is 0 Å². The number of hydrogen-bond donors (Lipinski definition) is 0. The van der Waals surface area contributed by atoms with E-state index in [2.05, 4.69) is 31.2 Å². The SMILES string of the molecule is Cc1cccc(COC[C@H](Cc2ccccc2)N2CCN(C(=O)c3cc(Cl)cc(Cl)c3)CCC2=O)c1. The Labute approximate surface area is 222 Å². The Morgan fingerprint density at radius 2 is 1.64 bits per heavy atom. The first-order valence-electron chi connectivity index (χ1n) is 12.1. The van der Waals surface area contributed by atoms with Crippen LogP contribution < -0.4 is 0 Å². The number of halogens is 2. The largest absolute Gasteiger partial charge is 0.375 e. The van der Waals surface area contributed by atoms with Gasteiger partial charge >= 0.3 is 0 Å². The molecule has 0 spiro atoms. The molecule has 5 nitrogen and oxygen atoms in total. The average Bonchev–Trinajstić information content (AvgIpc) is 3.04. The number of hydrogen-bond acceptors (Lipinski definition) is 3. The predicted octanol–water partition coefficient (Wildman–Crippen LogP) is 5.80. The Balaban J connectivity index is 1.46. The summed E-state index contributed by atoms with van der Waals surface area (Å²) in [5, 5.41) is 0.819. The Morgan fingerprint density at radius 1 is 0.917 bits per heavy atom. The van der Waals surface area contributed by atoms with Crippen LogP contribution in [0.3, 0.4) is 0 Å². The standard InChI is InChI=1S/C29H30Cl2N2O3/c1-21-6-5-9-23(14-21)19-36-20-27(15-22-7-3-2-4-8-22)33-13-12-32(11-10-28(33)34)29(35)24-16-25(30)18-26(31)17-24/h2-9,14,16-18,27H,10-13,15,19-20H2,1H3/t27-/m0/s1. The van der Waals surface area contributed by atoms with Gasteiger partial charge in [-0.2, -0.15) is 0 Å². The van der Waals surface area contributed by atoms with Crippen molar-refractivity contribution >= 4 is 35.0 Å². The maximum atomic E-state index is 13.2. The molecule has 1 saturated heterocycles. The Kier molecular flexibility index (Phi) is 9.03. The van der Waals surface area contributed by atoms with Gasteiger partial charge in [-0.3, -0.25) is 9.59 Å². The van der Waals surface area contributed by atoms with Gasteiger partial charge < -0.3 is 14.5 Å². The van der Waals surface area contributed by atoms with Crippen molar-refractivity contribution in [1.29, 1.82) is 0 Å². The number of carbonyl (C=O) groups is 2. The minimum Gasteiger partial charge on any atom is -0.375 e. The van der Waals surface area contributed by atoms with E-state index in [-0.39, 0.29) is 24.3 Å². The monoisotopic (exact) mass is 524 g/mol. The summed E-state index contributed by atoms with van der Waals surface area (Å²) in [7, 11) is 0. The van der Waals surface area contributed by atoms with E-state index in [0.29, 0.717) is 54.9 Å². The number of nitrogens with zero attached hydrogens (tertiary/aromatic N) is 2. The summed E-state index contributed by atoms with van der Waals surface area (Å²) in [6.07, 6.45) is 0.932. The molecule has 0 radical (unpaired) electrons. The average molecular weight is 525 g/mol. The maximum Gasteiger partial charge on any atom is 0.254 e. The zero-order valence-electron chi connectivity index (χ0n) is 20.3. The third kappa shape index (κ3) is 7.10. The predicted molar refractivity (Wildman–Crippen MR) is 143 cm³/mol. The summed E-state index contributed by atoms with van der Waals surface area (Å²) < 4.78 is 6.12. The molecule has 0 saturated carbocycles. The van der Waals surface area contributed by atoms with Gasteiger partial charge in [0, 0.05) is 41.7 Å². The fourth-order valence-corrected chi connectivity index (χ4v) is 5.07. The lowest BCUT2D eigenvalue weighted by Crippen LogP contribution is -2.45. The molecule has 3 aromatic carbocycles. The number of amides is 2. The molecule has 188 valence electrons. The quantitative estimate of drug-likeness (QED) is 0.373. The van der Waals surface area contributed by atoms with Crippen LogP contribution in [0.25, 0.3) is 0 Å². The van der Waals surface area contributed by atoms with Gasteiger partial charge in [0.2, 0.25) is 5.91 Å². The topological polar surface area (TPSA) is 49.9 Å². The highest BCUT2D eigenvalue weighted by molar-refractivity contribution is 6.35. The van der Waals surface area contributed by atoms with E-state index in [1.807, 2.05) is 35.2 Å². The molecule has 1 fully saturated rings. The van der Waals surface area contributed by atoms with Crippen LogP contribution >= 0.6 is 23.2 Å². The summed E-state index contributed by atoms with van der Waals surface area (Å²) in [4.78, 5) is 29.9. The van der Waals surface area contributed by atoms with Crippen molar-refractivity contribution < 1.29 is 14.3 Å². The number of rotatable bonds is 8. The summed E-state index contributed by atoms with van der Waals surface area (Å²) >= 11 is 12.2. The molecule has 1 atom stereocenters. The van der Waals surface area contributed by atoms with Crippen molar-refractivity contribution in [1.82, 2.24) is 9.80 Å². The van der Waals surface area contributed by atoms with Gasteiger partial charge in [0.1, 0.15) is 0 Å². The third-order valence-electron chi connectivity index (χ3n) is 6.34. The minimum absolute atomic E-state index is 0.0227. The molecule has 36 heavy (non-hydrogen) atoms. The Morgan fingerprint density at radius 3 is 2.36 bits per heavy atom. The van der Waals surface area contributed by atoms with Crippen molar-refractivity contribution in [3.05, 3.63) is 105 Å². The van der Waals surface area contributed by atoms with Gasteiger partial charge in [0.25, 0.3) is 5.91 Å². The molecule has 3 aromatic rings. The van der Waals surface area contributed by atoms with Crippen LogP contribution in [0.5, 0.6) is 0 Å². The van der Waals surface area contributed by atoms with Crippen molar-refractivity contribution in [3.63, 3.8) is 0 Å². The Hall–Kier alpha value is -2.86. The molecule has 0 N–H and O–H groups in total. The highest BCUT2D eigenvalue weighted by Crippen LogP contribution is 2.22. The highest BCUT2D eigenvalue weighted by atomic mass is 35.5. The molecule has 0 bridgehead atoms. The molecule has 0 aromatic heterocycles. The minimum atomic E-state index is -0.177. The van der Waals surface area contributed by atoms with Crippen LogP contribution in [0.15, 0.2) is 72.8 Å². The zero-order chi connectivity index (χ0) is 25.5. The molecule has 1 heterocycles. The lowest BCUT2D eigenvalue weighted by molar-refractivity contribution is -0.134. The fraction of sp³-hybridized carbons (Fsp3) is 0.310. The summed E-state index contributed by atoms with van der Waals surface area (Å²) in [6.45, 7) is 4.16. The van der Waals surface area contributed by atoms with E-state index < -0.39 is 0 Å². The second kappa shape index (κ2) is 12.4. The summed E-state index contributed by atoms with van der Waals surface area (Å²) in [5.41, 5.74) is 3.86. The van der Waals surface area contributed by atoms with Crippen LogP contribution in [0, 0.1) is 6.92 Å². The zero-order valence-corrected chi connectivity index (χ0v) is 21.8. The van der Waals surface area contributed by atoms with E-state index in [4.69, 9.17) is 27.9 Å². The molecule has 0 unspecified atom stereocenters. The third-order valence-corrected chi connectivity index (χ3v) is 6.78. The molecule has 1 aliphatic rings. The van der Waals surface area contributed by atoms with Crippen molar-refractivity contribution in [2.75, 3.05) is 26.2 Å². The smallest absolute Gasteiger partial charge is 0.254 e. The number of benzene rings is 3. The van der Waals surface area contributed by atoms with Crippen molar-refractivity contribution in [2.45, 2.75) is 32.4 Å². The first-order chi connectivity index (χ1) is 17.4. The Bertz CT molecular complexity index is 1180. The fourth-order valence-electron chi connectivity index (χ4n) is 4.55. The molecule has 2 amide bonds. The highest BCUT2D eigenvalue weighted by Gasteiger charge is 2.30.